The fourth-order valence-corrected chi connectivity index (χ4v) is 3.07. The van der Waals surface area contributed by atoms with Crippen LogP contribution in [0.2, 0.25) is 6.04 Å². The topological polar surface area (TPSA) is 66.0 Å². The lowest BCUT2D eigenvalue weighted by molar-refractivity contribution is -0.142. The molecule has 0 aromatic heterocycles. The van der Waals surface area contributed by atoms with Crippen molar-refractivity contribution in [2.24, 2.45) is 0 Å². The molecule has 6 nitrogen and oxygen atoms in total. The van der Waals surface area contributed by atoms with Gasteiger partial charge in [-0.1, -0.05) is 12.2 Å². The SMILES string of the molecule is CO[Si](CCCOC(=O)CNC(=S)S)(OC)OC. The van der Waals surface area contributed by atoms with Crippen molar-refractivity contribution in [2.75, 3.05) is 34.5 Å². The molecule has 0 saturated heterocycles. The van der Waals surface area contributed by atoms with Crippen LogP contribution in [0.4, 0.5) is 0 Å². The minimum atomic E-state index is -2.57. The van der Waals surface area contributed by atoms with Crippen LogP contribution in [0.1, 0.15) is 6.42 Å². The van der Waals surface area contributed by atoms with Crippen LogP contribution in [0.15, 0.2) is 0 Å². The molecule has 0 rings (SSSR count). The molecule has 9 heteroatoms. The summed E-state index contributed by atoms with van der Waals surface area (Å²) in [6, 6.07) is 0.586. The molecular formula is C9H19NO5S2Si. The molecule has 0 atom stereocenters. The average molecular weight is 313 g/mol. The number of rotatable bonds is 9. The maximum absolute atomic E-state index is 11.2. The summed E-state index contributed by atoms with van der Waals surface area (Å²) in [6.45, 7) is 0.300. The number of thiocarbonyl (C=S) groups is 1. The first-order valence-corrected chi connectivity index (χ1v) is 8.06. The lowest BCUT2D eigenvalue weighted by atomic mass is 10.5. The minimum absolute atomic E-state index is 0.0176. The van der Waals surface area contributed by atoms with E-state index < -0.39 is 8.80 Å². The number of carbonyl (C=O) groups is 1. The van der Waals surface area contributed by atoms with Crippen LogP contribution < -0.4 is 5.32 Å². The van der Waals surface area contributed by atoms with Gasteiger partial charge in [0.15, 0.2) is 0 Å². The van der Waals surface area contributed by atoms with Crippen molar-refractivity contribution in [1.82, 2.24) is 5.32 Å². The molecule has 0 spiro atoms. The zero-order chi connectivity index (χ0) is 14.0. The fourth-order valence-electron chi connectivity index (χ4n) is 1.23. The molecule has 0 radical (unpaired) electrons. The Morgan fingerprint density at radius 1 is 1.28 bits per heavy atom. The second-order valence-electron chi connectivity index (χ2n) is 3.28. The van der Waals surface area contributed by atoms with Gasteiger partial charge in [0.25, 0.3) is 0 Å². The third-order valence-electron chi connectivity index (χ3n) is 2.21. The van der Waals surface area contributed by atoms with Gasteiger partial charge in [0.05, 0.1) is 6.61 Å². The summed E-state index contributed by atoms with van der Waals surface area (Å²) in [5, 5.41) is 2.59. The Kier molecular flexibility index (Phi) is 9.60. The van der Waals surface area contributed by atoms with Crippen molar-refractivity contribution in [1.29, 1.82) is 0 Å². The van der Waals surface area contributed by atoms with Gasteiger partial charge in [-0.2, -0.15) is 0 Å². The Morgan fingerprint density at radius 3 is 2.28 bits per heavy atom. The van der Waals surface area contributed by atoms with E-state index in [2.05, 4.69) is 30.2 Å². The first-order valence-electron chi connectivity index (χ1n) is 5.27. The summed E-state index contributed by atoms with van der Waals surface area (Å²) in [6.07, 6.45) is 0.610. The van der Waals surface area contributed by atoms with Gasteiger partial charge in [0, 0.05) is 27.4 Å². The fraction of sp³-hybridized carbons (Fsp3) is 0.778. The lowest BCUT2D eigenvalue weighted by Crippen LogP contribution is -2.42. The predicted molar refractivity (Wildman–Crippen MR) is 76.8 cm³/mol. The zero-order valence-electron chi connectivity index (χ0n) is 10.7. The molecule has 0 heterocycles. The highest BCUT2D eigenvalue weighted by Gasteiger charge is 2.36. The Balaban J connectivity index is 3.78. The smallest absolute Gasteiger partial charge is 0.464 e. The van der Waals surface area contributed by atoms with Gasteiger partial charge in [-0.15, -0.1) is 12.6 Å². The van der Waals surface area contributed by atoms with Gasteiger partial charge >= 0.3 is 14.8 Å². The largest absolute Gasteiger partial charge is 0.500 e. The molecule has 18 heavy (non-hydrogen) atoms. The summed E-state index contributed by atoms with van der Waals surface area (Å²) < 4.78 is 21.0. The van der Waals surface area contributed by atoms with E-state index in [0.717, 1.165) is 0 Å². The molecule has 0 aromatic rings. The number of carbonyl (C=O) groups excluding carboxylic acids is 1. The van der Waals surface area contributed by atoms with Crippen molar-refractivity contribution < 1.29 is 22.8 Å². The lowest BCUT2D eigenvalue weighted by Gasteiger charge is -2.24. The van der Waals surface area contributed by atoms with Crippen LogP contribution >= 0.6 is 24.8 Å². The molecule has 0 aliphatic rings. The second-order valence-corrected chi connectivity index (χ2v) is 7.53. The van der Waals surface area contributed by atoms with Gasteiger partial charge in [0.1, 0.15) is 10.9 Å². The van der Waals surface area contributed by atoms with Crippen LogP contribution in [0.3, 0.4) is 0 Å². The van der Waals surface area contributed by atoms with Crippen molar-refractivity contribution in [2.45, 2.75) is 12.5 Å². The number of esters is 1. The summed E-state index contributed by atoms with van der Waals surface area (Å²) in [5.74, 6) is -0.383. The van der Waals surface area contributed by atoms with E-state index in [9.17, 15) is 4.79 Å². The van der Waals surface area contributed by atoms with Gasteiger partial charge in [0.2, 0.25) is 0 Å². The Bertz CT molecular complexity index is 267. The highest BCUT2D eigenvalue weighted by molar-refractivity contribution is 8.11. The molecule has 0 fully saturated rings. The Labute approximate surface area is 119 Å². The molecule has 106 valence electrons. The predicted octanol–water partition coefficient (Wildman–Crippen LogP) is 0.602. The summed E-state index contributed by atoms with van der Waals surface area (Å²) in [5.41, 5.74) is 0. The first kappa shape index (κ1) is 17.8. The van der Waals surface area contributed by atoms with Gasteiger partial charge in [-0.3, -0.25) is 4.79 Å². The summed E-state index contributed by atoms with van der Waals surface area (Å²) >= 11 is 8.47. The van der Waals surface area contributed by atoms with Gasteiger partial charge < -0.3 is 23.3 Å². The molecular weight excluding hydrogens is 294 g/mol. The van der Waals surface area contributed by atoms with Crippen molar-refractivity contribution in [3.8, 4) is 0 Å². The molecule has 1 N–H and O–H groups in total. The number of thiol groups is 1. The third kappa shape index (κ3) is 7.29. The maximum Gasteiger partial charge on any atom is 0.500 e. The molecule has 0 aliphatic carbocycles. The van der Waals surface area contributed by atoms with E-state index in [-0.39, 0.29) is 23.4 Å². The third-order valence-corrected chi connectivity index (χ3v) is 5.34. The van der Waals surface area contributed by atoms with Crippen LogP contribution in [0.5, 0.6) is 0 Å². The number of ether oxygens (including phenoxy) is 1. The minimum Gasteiger partial charge on any atom is -0.464 e. The van der Waals surface area contributed by atoms with E-state index in [1.54, 1.807) is 21.3 Å². The number of hydrogen-bond acceptors (Lipinski definition) is 6. The van der Waals surface area contributed by atoms with Crippen molar-refractivity contribution >= 4 is 43.9 Å². The zero-order valence-corrected chi connectivity index (χ0v) is 13.4. The van der Waals surface area contributed by atoms with Crippen LogP contribution in [0.25, 0.3) is 0 Å². The van der Waals surface area contributed by atoms with Crippen LogP contribution in [-0.4, -0.2) is 53.6 Å². The van der Waals surface area contributed by atoms with E-state index in [1.165, 1.54) is 0 Å². The monoisotopic (exact) mass is 313 g/mol. The van der Waals surface area contributed by atoms with E-state index >= 15 is 0 Å². The number of nitrogens with one attached hydrogen (secondary N) is 1. The van der Waals surface area contributed by atoms with Gasteiger partial charge in [-0.25, -0.2) is 0 Å². The van der Waals surface area contributed by atoms with E-state index in [4.69, 9.17) is 18.0 Å². The Hall–Kier alpha value is -0.193. The standard InChI is InChI=1S/C9H19NO5S2Si/c1-12-18(13-2,14-3)6-4-5-15-8(11)7-10-9(16)17/h4-7H2,1-3H3,(H2,10,16,17). The van der Waals surface area contributed by atoms with Crippen molar-refractivity contribution in [3.05, 3.63) is 0 Å². The molecule has 0 unspecified atom stereocenters. The second kappa shape index (κ2) is 9.70. The van der Waals surface area contributed by atoms with Crippen LogP contribution in [0, 0.1) is 0 Å². The van der Waals surface area contributed by atoms with Gasteiger partial charge in [-0.05, 0) is 6.42 Å². The molecule has 0 saturated carbocycles. The molecule has 0 aromatic carbocycles. The molecule has 0 amide bonds. The number of hydrogen-bond donors (Lipinski definition) is 2. The molecule has 0 aliphatic heterocycles. The average Bonchev–Trinajstić information content (AvgIpc) is 2.37. The maximum atomic E-state index is 11.2. The summed E-state index contributed by atoms with van der Waals surface area (Å²) in [4.78, 5) is 11.2. The first-order chi connectivity index (χ1) is 8.49. The normalized spacial score (nSPS) is 11.1. The molecule has 0 bridgehead atoms. The highest BCUT2D eigenvalue weighted by atomic mass is 32.1. The summed E-state index contributed by atoms with van der Waals surface area (Å²) in [7, 11) is 2.07. The quantitative estimate of drug-likeness (QED) is 0.212. The van der Waals surface area contributed by atoms with E-state index in [0.29, 0.717) is 12.5 Å². The van der Waals surface area contributed by atoms with Crippen molar-refractivity contribution in [3.63, 3.8) is 0 Å². The Morgan fingerprint density at radius 2 is 1.83 bits per heavy atom. The van der Waals surface area contributed by atoms with E-state index in [1.807, 2.05) is 0 Å². The van der Waals surface area contributed by atoms with Crippen LogP contribution in [-0.2, 0) is 22.8 Å². The highest BCUT2D eigenvalue weighted by Crippen LogP contribution is 2.14.